The molecule has 1 heterocycles. The Balaban J connectivity index is 2.15. The predicted molar refractivity (Wildman–Crippen MR) is 86.2 cm³/mol. The summed E-state index contributed by atoms with van der Waals surface area (Å²) in [4.78, 5) is 10.5. The van der Waals surface area contributed by atoms with Crippen molar-refractivity contribution in [2.24, 2.45) is 5.92 Å². The summed E-state index contributed by atoms with van der Waals surface area (Å²) in [5, 5.41) is 24.0. The second-order valence-electron chi connectivity index (χ2n) is 4.98. The maximum absolute atomic E-state index is 10.9. The number of nitrogens with zero attached hydrogens (tertiary/aromatic N) is 3. The van der Waals surface area contributed by atoms with E-state index in [9.17, 15) is 10.1 Å². The number of rotatable bonds is 6. The smallest absolute Gasteiger partial charge is 0.271 e. The van der Waals surface area contributed by atoms with Crippen LogP contribution in [0.4, 0.5) is 5.69 Å². The largest absolute Gasteiger partial charge is 0.310 e. The van der Waals surface area contributed by atoms with E-state index in [1.807, 2.05) is 0 Å². The van der Waals surface area contributed by atoms with Crippen molar-refractivity contribution in [3.63, 3.8) is 0 Å². The van der Waals surface area contributed by atoms with Crippen LogP contribution in [0.25, 0.3) is 10.6 Å². The quantitative estimate of drug-likeness (QED) is 0.620. The van der Waals surface area contributed by atoms with E-state index < -0.39 is 4.92 Å². The molecule has 1 N–H and O–H groups in total. The average Bonchev–Trinajstić information content (AvgIpc) is 2.86. The first kappa shape index (κ1) is 16.0. The molecule has 0 saturated carbocycles. The molecule has 0 spiro atoms. The first-order chi connectivity index (χ1) is 9.95. The van der Waals surface area contributed by atoms with Gasteiger partial charge < -0.3 is 5.32 Å². The Labute approximate surface area is 134 Å². The predicted octanol–water partition coefficient (Wildman–Crippen LogP) is 3.62. The molecule has 2 aromatic rings. The molecule has 6 nitrogen and oxygen atoms in total. The fourth-order valence-electron chi connectivity index (χ4n) is 1.71. The number of nitro benzene ring substituents is 1. The highest BCUT2D eigenvalue weighted by Gasteiger charge is 2.13. The van der Waals surface area contributed by atoms with Crippen molar-refractivity contribution in [2.45, 2.75) is 20.4 Å². The molecule has 0 unspecified atom stereocenters. The summed E-state index contributed by atoms with van der Waals surface area (Å²) in [6.07, 6.45) is 0. The Hall–Kier alpha value is -1.38. The van der Waals surface area contributed by atoms with Gasteiger partial charge in [0.1, 0.15) is 10.0 Å². The summed E-state index contributed by atoms with van der Waals surface area (Å²) in [7, 11) is 0. The molecule has 0 aliphatic carbocycles. The molecule has 21 heavy (non-hydrogen) atoms. The van der Waals surface area contributed by atoms with Crippen molar-refractivity contribution < 1.29 is 4.92 Å². The molecule has 8 heteroatoms. The highest BCUT2D eigenvalue weighted by atomic mass is 79.9. The van der Waals surface area contributed by atoms with Gasteiger partial charge in [-0.25, -0.2) is 0 Å². The van der Waals surface area contributed by atoms with Crippen molar-refractivity contribution in [3.05, 3.63) is 37.8 Å². The van der Waals surface area contributed by atoms with Crippen molar-refractivity contribution in [1.82, 2.24) is 15.5 Å². The maximum atomic E-state index is 10.9. The van der Waals surface area contributed by atoms with Crippen molar-refractivity contribution >= 4 is 33.0 Å². The van der Waals surface area contributed by atoms with Gasteiger partial charge in [0.2, 0.25) is 0 Å². The van der Waals surface area contributed by atoms with Gasteiger partial charge in [-0.15, -0.1) is 10.2 Å². The van der Waals surface area contributed by atoms with Crippen LogP contribution >= 0.6 is 27.3 Å². The number of hydrogen-bond donors (Lipinski definition) is 1. The Bertz CT molecular complexity index is 645. The summed E-state index contributed by atoms with van der Waals surface area (Å²) >= 11 is 4.72. The lowest BCUT2D eigenvalue weighted by molar-refractivity contribution is -0.384. The summed E-state index contributed by atoms with van der Waals surface area (Å²) in [5.41, 5.74) is 0.734. The lowest BCUT2D eigenvalue weighted by Crippen LogP contribution is -2.18. The Morgan fingerprint density at radius 1 is 1.38 bits per heavy atom. The zero-order valence-electron chi connectivity index (χ0n) is 11.7. The van der Waals surface area contributed by atoms with Gasteiger partial charge in [0.05, 0.1) is 4.92 Å². The zero-order chi connectivity index (χ0) is 15.4. The average molecular weight is 371 g/mol. The van der Waals surface area contributed by atoms with Crippen LogP contribution in [0.2, 0.25) is 0 Å². The Morgan fingerprint density at radius 3 is 2.81 bits per heavy atom. The summed E-state index contributed by atoms with van der Waals surface area (Å²) in [6, 6.07) is 4.78. The van der Waals surface area contributed by atoms with Gasteiger partial charge in [-0.3, -0.25) is 10.1 Å². The van der Waals surface area contributed by atoms with Crippen molar-refractivity contribution in [2.75, 3.05) is 6.54 Å². The number of hydrogen-bond acceptors (Lipinski definition) is 6. The Kier molecular flexibility index (Phi) is 5.38. The van der Waals surface area contributed by atoms with E-state index >= 15 is 0 Å². The van der Waals surface area contributed by atoms with Gasteiger partial charge in [-0.1, -0.05) is 41.1 Å². The van der Waals surface area contributed by atoms with Crippen LogP contribution < -0.4 is 5.32 Å². The fraction of sp³-hybridized carbons (Fsp3) is 0.385. The number of benzene rings is 1. The van der Waals surface area contributed by atoms with Crippen LogP contribution in [0.3, 0.4) is 0 Å². The first-order valence-corrected chi connectivity index (χ1v) is 8.05. The molecule has 0 atom stereocenters. The van der Waals surface area contributed by atoms with Crippen LogP contribution in [-0.4, -0.2) is 21.7 Å². The number of non-ortho nitro benzene ring substituents is 1. The maximum Gasteiger partial charge on any atom is 0.271 e. The van der Waals surface area contributed by atoms with Crippen LogP contribution in [0.5, 0.6) is 0 Å². The minimum atomic E-state index is -0.416. The Morgan fingerprint density at radius 2 is 2.14 bits per heavy atom. The number of nitrogens with one attached hydrogen (secondary N) is 1. The second kappa shape index (κ2) is 7.06. The van der Waals surface area contributed by atoms with Gasteiger partial charge in [-0.2, -0.15) is 0 Å². The van der Waals surface area contributed by atoms with E-state index in [-0.39, 0.29) is 5.69 Å². The minimum Gasteiger partial charge on any atom is -0.310 e. The van der Waals surface area contributed by atoms with Crippen LogP contribution in [0, 0.1) is 16.0 Å². The van der Waals surface area contributed by atoms with Gasteiger partial charge in [0, 0.05) is 28.7 Å². The van der Waals surface area contributed by atoms with E-state index in [2.05, 4.69) is 45.3 Å². The van der Waals surface area contributed by atoms with Crippen molar-refractivity contribution in [3.8, 4) is 10.6 Å². The second-order valence-corrected chi connectivity index (χ2v) is 6.96. The van der Waals surface area contributed by atoms with Gasteiger partial charge in [-0.05, 0) is 18.5 Å². The summed E-state index contributed by atoms with van der Waals surface area (Å²) < 4.78 is 0.654. The van der Waals surface area contributed by atoms with Crippen LogP contribution in [-0.2, 0) is 6.54 Å². The zero-order valence-corrected chi connectivity index (χ0v) is 14.1. The van der Waals surface area contributed by atoms with E-state index in [0.29, 0.717) is 27.5 Å². The van der Waals surface area contributed by atoms with E-state index in [4.69, 9.17) is 0 Å². The van der Waals surface area contributed by atoms with Gasteiger partial charge >= 0.3 is 0 Å². The van der Waals surface area contributed by atoms with E-state index in [0.717, 1.165) is 11.6 Å². The molecule has 2 rings (SSSR count). The molecular formula is C13H15BrN4O2S. The summed E-state index contributed by atoms with van der Waals surface area (Å²) in [5.74, 6) is 0.574. The number of aromatic nitrogens is 2. The monoisotopic (exact) mass is 370 g/mol. The number of nitro groups is 1. The van der Waals surface area contributed by atoms with E-state index in [1.54, 1.807) is 6.07 Å². The molecule has 0 radical (unpaired) electrons. The SMILES string of the molecule is CC(C)CNCc1nnc(-c2cc(Br)cc([N+](=O)[O-])c2)s1. The van der Waals surface area contributed by atoms with Crippen LogP contribution in [0.15, 0.2) is 22.7 Å². The molecule has 0 saturated heterocycles. The highest BCUT2D eigenvalue weighted by Crippen LogP contribution is 2.30. The van der Waals surface area contributed by atoms with Crippen LogP contribution in [0.1, 0.15) is 18.9 Å². The topological polar surface area (TPSA) is 81.0 Å². The third-order valence-corrected chi connectivity index (χ3v) is 4.07. The van der Waals surface area contributed by atoms with Crippen molar-refractivity contribution in [1.29, 1.82) is 0 Å². The third-order valence-electron chi connectivity index (χ3n) is 2.64. The molecule has 0 fully saturated rings. The normalized spacial score (nSPS) is 11.0. The molecule has 1 aromatic heterocycles. The lowest BCUT2D eigenvalue weighted by atomic mass is 10.2. The molecular weight excluding hydrogens is 356 g/mol. The van der Waals surface area contributed by atoms with Gasteiger partial charge in [0.25, 0.3) is 5.69 Å². The highest BCUT2D eigenvalue weighted by molar-refractivity contribution is 9.10. The lowest BCUT2D eigenvalue weighted by Gasteiger charge is -2.04. The third kappa shape index (κ3) is 4.55. The standard InChI is InChI=1S/C13H15BrN4O2S/c1-8(2)6-15-7-12-16-17-13(21-12)9-3-10(14)5-11(4-9)18(19)20/h3-5,8,15H,6-7H2,1-2H3. The molecule has 0 bridgehead atoms. The molecule has 0 amide bonds. The minimum absolute atomic E-state index is 0.0362. The van der Waals surface area contributed by atoms with Gasteiger partial charge in [0.15, 0.2) is 0 Å². The van der Waals surface area contributed by atoms with E-state index in [1.165, 1.54) is 23.5 Å². The number of halogens is 1. The summed E-state index contributed by atoms with van der Waals surface area (Å²) in [6.45, 7) is 5.85. The molecule has 0 aliphatic rings. The molecule has 112 valence electrons. The molecule has 1 aromatic carbocycles. The first-order valence-electron chi connectivity index (χ1n) is 6.44. The fourth-order valence-corrected chi connectivity index (χ4v) is 2.99. The molecule has 0 aliphatic heterocycles.